The number of hydrogen-bond donors (Lipinski definition) is 1. The fraction of sp³-hybridized carbons (Fsp3) is 0.393. The molecule has 9 nitrogen and oxygen atoms in total. The van der Waals surface area contributed by atoms with E-state index in [1.807, 2.05) is 13.8 Å². The molecule has 1 aliphatic carbocycles. The molecule has 2 aromatic carbocycles. The van der Waals surface area contributed by atoms with Gasteiger partial charge in [-0.25, -0.2) is 17.9 Å². The van der Waals surface area contributed by atoms with Gasteiger partial charge < -0.3 is 9.84 Å². The number of carboxylic acid groups (broad SMARTS) is 1. The molecule has 202 valence electrons. The van der Waals surface area contributed by atoms with Crippen molar-refractivity contribution in [3.8, 4) is 11.4 Å². The van der Waals surface area contributed by atoms with Gasteiger partial charge in [-0.1, -0.05) is 37.3 Å². The zero-order chi connectivity index (χ0) is 27.4. The standard InChI is InChI=1S/C28H33N3O6S/c1-19(2)31(27(32)22-13-9-20(3)10-14-22)26-25(37-28(33)34)17-30(29-26)23-15-11-21(12-16-23)18-38(35,36)24-7-5-4-6-8-24/h4-8,11-12,15-17,19-20,22H,9-10,13-14,18H2,1-3H3,(H,33,34). The Labute approximate surface area is 223 Å². The molecule has 4 rings (SSSR count). The number of ether oxygens (including phenoxy) is 1. The molecule has 1 amide bonds. The van der Waals surface area contributed by atoms with Crippen molar-refractivity contribution in [2.75, 3.05) is 4.90 Å². The van der Waals surface area contributed by atoms with E-state index in [1.165, 1.54) is 15.8 Å². The zero-order valence-corrected chi connectivity index (χ0v) is 22.6. The molecule has 0 atom stereocenters. The Balaban J connectivity index is 1.62. The summed E-state index contributed by atoms with van der Waals surface area (Å²) in [6.45, 7) is 5.90. The van der Waals surface area contributed by atoms with Crippen molar-refractivity contribution in [3.05, 3.63) is 66.4 Å². The van der Waals surface area contributed by atoms with Crippen molar-refractivity contribution in [1.82, 2.24) is 9.78 Å². The average Bonchev–Trinajstić information content (AvgIpc) is 3.27. The van der Waals surface area contributed by atoms with Crippen molar-refractivity contribution in [2.45, 2.75) is 63.1 Å². The van der Waals surface area contributed by atoms with Gasteiger partial charge in [-0.15, -0.1) is 5.10 Å². The number of carbonyl (C=O) groups is 2. The van der Waals surface area contributed by atoms with Crippen molar-refractivity contribution in [1.29, 1.82) is 0 Å². The maximum atomic E-state index is 13.5. The van der Waals surface area contributed by atoms with Crippen LogP contribution in [-0.2, 0) is 20.4 Å². The Morgan fingerprint density at radius 1 is 1.05 bits per heavy atom. The summed E-state index contributed by atoms with van der Waals surface area (Å²) in [5.74, 6) is 0.282. The molecule has 0 spiro atoms. The fourth-order valence-electron chi connectivity index (χ4n) is 4.80. The van der Waals surface area contributed by atoms with Gasteiger partial charge in [0, 0.05) is 12.0 Å². The van der Waals surface area contributed by atoms with Crippen LogP contribution in [0, 0.1) is 11.8 Å². The van der Waals surface area contributed by atoms with Crippen LogP contribution in [0.1, 0.15) is 52.0 Å². The van der Waals surface area contributed by atoms with Gasteiger partial charge in [0.2, 0.25) is 11.7 Å². The number of rotatable bonds is 8. The van der Waals surface area contributed by atoms with Gasteiger partial charge in [0.25, 0.3) is 0 Å². The zero-order valence-electron chi connectivity index (χ0n) is 21.8. The van der Waals surface area contributed by atoms with Gasteiger partial charge in [-0.3, -0.25) is 9.69 Å². The van der Waals surface area contributed by atoms with E-state index in [0.717, 1.165) is 25.7 Å². The smallest absolute Gasteiger partial charge is 0.449 e. The highest BCUT2D eigenvalue weighted by Crippen LogP contribution is 2.35. The van der Waals surface area contributed by atoms with Crippen LogP contribution >= 0.6 is 0 Å². The summed E-state index contributed by atoms with van der Waals surface area (Å²) in [5.41, 5.74) is 1.16. The van der Waals surface area contributed by atoms with Crippen LogP contribution < -0.4 is 9.64 Å². The third kappa shape index (κ3) is 6.24. The van der Waals surface area contributed by atoms with Crippen LogP contribution in [0.3, 0.4) is 0 Å². The predicted octanol–water partition coefficient (Wildman–Crippen LogP) is 5.47. The number of sulfone groups is 1. The molecule has 1 aliphatic rings. The van der Waals surface area contributed by atoms with E-state index in [-0.39, 0.29) is 40.1 Å². The van der Waals surface area contributed by atoms with Crippen molar-refractivity contribution >= 4 is 27.7 Å². The van der Waals surface area contributed by atoms with Crippen LogP contribution in [0.15, 0.2) is 65.7 Å². The first-order chi connectivity index (χ1) is 18.0. The normalized spacial score (nSPS) is 17.8. The number of benzene rings is 2. The van der Waals surface area contributed by atoms with E-state index in [4.69, 9.17) is 4.74 Å². The summed E-state index contributed by atoms with van der Waals surface area (Å²) in [6, 6.07) is 14.7. The molecule has 10 heteroatoms. The topological polar surface area (TPSA) is 119 Å². The first-order valence-corrected chi connectivity index (χ1v) is 14.4. The first kappa shape index (κ1) is 27.4. The molecule has 0 radical (unpaired) electrons. The van der Waals surface area contributed by atoms with Crippen LogP contribution in [0.4, 0.5) is 10.6 Å². The van der Waals surface area contributed by atoms with E-state index < -0.39 is 16.0 Å². The molecule has 0 aliphatic heterocycles. The van der Waals surface area contributed by atoms with Crippen LogP contribution in [0.2, 0.25) is 0 Å². The molecular formula is C28H33N3O6S. The van der Waals surface area contributed by atoms with Gasteiger partial charge >= 0.3 is 6.16 Å². The number of aromatic nitrogens is 2. The highest BCUT2D eigenvalue weighted by Gasteiger charge is 2.34. The molecule has 1 saturated carbocycles. The van der Waals surface area contributed by atoms with E-state index in [9.17, 15) is 23.1 Å². The van der Waals surface area contributed by atoms with Gasteiger partial charge in [0.05, 0.1) is 22.5 Å². The van der Waals surface area contributed by atoms with Crippen LogP contribution in [0.25, 0.3) is 5.69 Å². The minimum Gasteiger partial charge on any atom is -0.449 e. The third-order valence-electron chi connectivity index (χ3n) is 6.87. The van der Waals surface area contributed by atoms with Crippen molar-refractivity contribution in [3.63, 3.8) is 0 Å². The second kappa shape index (κ2) is 11.4. The van der Waals surface area contributed by atoms with E-state index in [2.05, 4.69) is 12.0 Å². The van der Waals surface area contributed by atoms with Crippen LogP contribution in [-0.4, -0.2) is 41.4 Å². The molecule has 38 heavy (non-hydrogen) atoms. The molecule has 1 aromatic heterocycles. The Morgan fingerprint density at radius 2 is 1.68 bits per heavy atom. The monoisotopic (exact) mass is 539 g/mol. The maximum absolute atomic E-state index is 13.5. The van der Waals surface area contributed by atoms with E-state index in [0.29, 0.717) is 17.2 Å². The summed E-state index contributed by atoms with van der Waals surface area (Å²) in [4.78, 5) is 26.8. The van der Waals surface area contributed by atoms with Crippen molar-refractivity contribution in [2.24, 2.45) is 11.8 Å². The number of anilines is 1. The van der Waals surface area contributed by atoms with Gasteiger partial charge in [-0.05, 0) is 75.3 Å². The van der Waals surface area contributed by atoms with Gasteiger partial charge in [0.15, 0.2) is 15.6 Å². The second-order valence-corrected chi connectivity index (χ2v) is 12.1. The summed E-state index contributed by atoms with van der Waals surface area (Å²) in [7, 11) is -3.50. The van der Waals surface area contributed by atoms with Gasteiger partial charge in [-0.2, -0.15) is 0 Å². The molecule has 1 fully saturated rings. The van der Waals surface area contributed by atoms with Crippen molar-refractivity contribution < 1.29 is 27.9 Å². The highest BCUT2D eigenvalue weighted by atomic mass is 32.2. The molecule has 1 N–H and O–H groups in total. The highest BCUT2D eigenvalue weighted by molar-refractivity contribution is 7.90. The Hall–Kier alpha value is -3.66. The Kier molecular flexibility index (Phi) is 8.20. The number of carbonyl (C=O) groups excluding carboxylic acids is 1. The molecule has 0 saturated heterocycles. The summed E-state index contributed by atoms with van der Waals surface area (Å²) in [5, 5.41) is 13.9. The molecule has 3 aromatic rings. The SMILES string of the molecule is CC1CCC(C(=O)N(c2nn(-c3ccc(CS(=O)(=O)c4ccccc4)cc3)cc2OC(=O)O)C(C)C)CC1. The lowest BCUT2D eigenvalue weighted by molar-refractivity contribution is -0.124. The minimum absolute atomic E-state index is 0.0422. The first-order valence-electron chi connectivity index (χ1n) is 12.8. The lowest BCUT2D eigenvalue weighted by Crippen LogP contribution is -2.42. The van der Waals surface area contributed by atoms with Crippen LogP contribution in [0.5, 0.6) is 5.75 Å². The second-order valence-electron chi connectivity index (χ2n) is 10.1. The fourth-order valence-corrected chi connectivity index (χ4v) is 6.17. The molecule has 0 bridgehead atoms. The minimum atomic E-state index is -3.50. The number of amides is 1. The molecular weight excluding hydrogens is 506 g/mol. The Morgan fingerprint density at radius 3 is 2.26 bits per heavy atom. The predicted molar refractivity (Wildman–Crippen MR) is 143 cm³/mol. The lowest BCUT2D eigenvalue weighted by Gasteiger charge is -2.32. The average molecular weight is 540 g/mol. The number of nitrogens with zero attached hydrogens (tertiary/aromatic N) is 3. The largest absolute Gasteiger partial charge is 0.511 e. The Bertz CT molecular complexity index is 1380. The summed E-state index contributed by atoms with van der Waals surface area (Å²) < 4.78 is 31.9. The number of hydrogen-bond acceptors (Lipinski definition) is 6. The molecule has 1 heterocycles. The lowest BCUT2D eigenvalue weighted by atomic mass is 9.82. The summed E-state index contributed by atoms with van der Waals surface area (Å²) >= 11 is 0. The quantitative estimate of drug-likeness (QED) is 0.377. The molecule has 0 unspecified atom stereocenters. The maximum Gasteiger partial charge on any atom is 0.511 e. The van der Waals surface area contributed by atoms with Gasteiger partial charge in [0.1, 0.15) is 0 Å². The van der Waals surface area contributed by atoms with E-state index in [1.54, 1.807) is 54.6 Å². The summed E-state index contributed by atoms with van der Waals surface area (Å²) in [6.07, 6.45) is 3.43. The third-order valence-corrected chi connectivity index (χ3v) is 8.57. The van der Waals surface area contributed by atoms with E-state index >= 15 is 0 Å².